The zero-order valence-electron chi connectivity index (χ0n) is 12.0. The maximum atomic E-state index is 11.4. The van der Waals surface area contributed by atoms with Crippen molar-refractivity contribution < 1.29 is 8.42 Å². The highest BCUT2D eigenvalue weighted by atomic mass is 32.2. The Hall–Kier alpha value is -0.0900. The molecule has 1 aliphatic rings. The molecular formula is C14H29NO2S. The third kappa shape index (κ3) is 6.19. The molecule has 0 aromatic rings. The maximum Gasteiger partial charge on any atom is 0.150 e. The van der Waals surface area contributed by atoms with Crippen LogP contribution in [-0.4, -0.2) is 32.5 Å². The summed E-state index contributed by atoms with van der Waals surface area (Å²) in [5.41, 5.74) is 0. The Morgan fingerprint density at radius 1 is 1.17 bits per heavy atom. The van der Waals surface area contributed by atoms with Crippen LogP contribution in [0.2, 0.25) is 0 Å². The summed E-state index contributed by atoms with van der Waals surface area (Å²) in [6.07, 6.45) is 8.91. The van der Waals surface area contributed by atoms with Gasteiger partial charge in [-0.1, -0.05) is 32.6 Å². The Bertz CT molecular complexity index is 306. The number of nitrogens with one attached hydrogen (secondary N) is 1. The van der Waals surface area contributed by atoms with Crippen molar-refractivity contribution in [3.63, 3.8) is 0 Å². The highest BCUT2D eigenvalue weighted by Crippen LogP contribution is 2.25. The van der Waals surface area contributed by atoms with Crippen molar-refractivity contribution in [3.05, 3.63) is 0 Å². The van der Waals surface area contributed by atoms with E-state index in [1.165, 1.54) is 38.5 Å². The minimum absolute atomic E-state index is 0.269. The van der Waals surface area contributed by atoms with E-state index in [1.54, 1.807) is 6.92 Å². The standard InChI is InChI=1S/C14H29NO2S/c1-3-18(16,17)12-8-11-15-13(2)14-9-6-4-5-7-10-14/h13-15H,3-12H2,1-2H3/t13-/m0/s1. The zero-order valence-corrected chi connectivity index (χ0v) is 12.8. The molecule has 1 atom stereocenters. The third-order valence-corrected chi connectivity index (χ3v) is 5.94. The molecule has 0 radical (unpaired) electrons. The van der Waals surface area contributed by atoms with E-state index in [-0.39, 0.29) is 5.75 Å². The molecule has 18 heavy (non-hydrogen) atoms. The van der Waals surface area contributed by atoms with Gasteiger partial charge >= 0.3 is 0 Å². The number of hydrogen-bond donors (Lipinski definition) is 1. The minimum atomic E-state index is -2.79. The van der Waals surface area contributed by atoms with Crippen LogP contribution in [0.3, 0.4) is 0 Å². The van der Waals surface area contributed by atoms with E-state index in [9.17, 15) is 8.42 Å². The predicted molar refractivity (Wildman–Crippen MR) is 77.6 cm³/mol. The highest BCUT2D eigenvalue weighted by Gasteiger charge is 2.18. The van der Waals surface area contributed by atoms with Crippen molar-refractivity contribution in [1.82, 2.24) is 5.32 Å². The molecule has 4 heteroatoms. The Kier molecular flexibility index (Phi) is 7.23. The second kappa shape index (κ2) is 8.16. The topological polar surface area (TPSA) is 46.2 Å². The summed E-state index contributed by atoms with van der Waals surface area (Å²) in [6, 6.07) is 0.535. The van der Waals surface area contributed by atoms with Gasteiger partial charge in [0.25, 0.3) is 0 Å². The first-order valence-corrected chi connectivity index (χ1v) is 9.31. The number of hydrogen-bond acceptors (Lipinski definition) is 3. The van der Waals surface area contributed by atoms with Gasteiger partial charge in [-0.2, -0.15) is 0 Å². The van der Waals surface area contributed by atoms with Gasteiger partial charge in [-0.3, -0.25) is 0 Å². The summed E-state index contributed by atoms with van der Waals surface area (Å²) >= 11 is 0. The van der Waals surface area contributed by atoms with Crippen LogP contribution < -0.4 is 5.32 Å². The van der Waals surface area contributed by atoms with E-state index in [0.717, 1.165) is 18.9 Å². The van der Waals surface area contributed by atoms with Gasteiger partial charge < -0.3 is 5.32 Å². The smallest absolute Gasteiger partial charge is 0.150 e. The second-order valence-electron chi connectivity index (χ2n) is 5.58. The van der Waals surface area contributed by atoms with Crippen LogP contribution >= 0.6 is 0 Å². The third-order valence-electron chi connectivity index (χ3n) is 4.15. The molecule has 0 heterocycles. The average Bonchev–Trinajstić information content (AvgIpc) is 2.63. The Morgan fingerprint density at radius 2 is 1.78 bits per heavy atom. The van der Waals surface area contributed by atoms with E-state index in [0.29, 0.717) is 11.8 Å². The first kappa shape index (κ1) is 16.0. The van der Waals surface area contributed by atoms with Crippen LogP contribution in [0.4, 0.5) is 0 Å². The van der Waals surface area contributed by atoms with Crippen molar-refractivity contribution in [3.8, 4) is 0 Å². The lowest BCUT2D eigenvalue weighted by molar-refractivity contribution is 0.339. The lowest BCUT2D eigenvalue weighted by Gasteiger charge is -2.23. The summed E-state index contributed by atoms with van der Waals surface area (Å²) in [5, 5.41) is 3.51. The van der Waals surface area contributed by atoms with Gasteiger partial charge in [0.05, 0.1) is 5.75 Å². The van der Waals surface area contributed by atoms with E-state index in [2.05, 4.69) is 12.2 Å². The average molecular weight is 275 g/mol. The molecule has 0 unspecified atom stereocenters. The SMILES string of the molecule is CCS(=O)(=O)CCCN[C@@H](C)C1CCCCCC1. The van der Waals surface area contributed by atoms with E-state index in [4.69, 9.17) is 0 Å². The Labute approximate surface area is 113 Å². The van der Waals surface area contributed by atoms with Gasteiger partial charge in [0.15, 0.2) is 0 Å². The van der Waals surface area contributed by atoms with E-state index in [1.807, 2.05) is 0 Å². The molecule has 1 fully saturated rings. The molecule has 1 saturated carbocycles. The van der Waals surface area contributed by atoms with E-state index >= 15 is 0 Å². The lowest BCUT2D eigenvalue weighted by Crippen LogP contribution is -2.34. The molecule has 3 nitrogen and oxygen atoms in total. The van der Waals surface area contributed by atoms with Crippen LogP contribution in [0.5, 0.6) is 0 Å². The molecule has 1 rings (SSSR count). The van der Waals surface area contributed by atoms with Crippen LogP contribution in [0.1, 0.15) is 58.8 Å². The fraction of sp³-hybridized carbons (Fsp3) is 1.00. The molecule has 108 valence electrons. The summed E-state index contributed by atoms with van der Waals surface area (Å²) in [7, 11) is -2.79. The van der Waals surface area contributed by atoms with Gasteiger partial charge in [-0.05, 0) is 38.6 Å². The van der Waals surface area contributed by atoms with Crippen molar-refractivity contribution in [2.24, 2.45) is 5.92 Å². The molecule has 1 aliphatic carbocycles. The van der Waals surface area contributed by atoms with Gasteiger partial charge in [0.2, 0.25) is 0 Å². The van der Waals surface area contributed by atoms with Crippen molar-refractivity contribution in [2.45, 2.75) is 64.8 Å². The minimum Gasteiger partial charge on any atom is -0.314 e. The van der Waals surface area contributed by atoms with Crippen molar-refractivity contribution in [2.75, 3.05) is 18.1 Å². The predicted octanol–water partition coefficient (Wildman–Crippen LogP) is 2.76. The van der Waals surface area contributed by atoms with Crippen LogP contribution in [0.15, 0.2) is 0 Å². The molecule has 0 amide bonds. The maximum absolute atomic E-state index is 11.4. The van der Waals surface area contributed by atoms with Crippen molar-refractivity contribution >= 4 is 9.84 Å². The fourth-order valence-electron chi connectivity index (χ4n) is 2.74. The molecule has 0 spiro atoms. The molecule has 0 saturated heterocycles. The zero-order chi connectivity index (χ0) is 13.4. The van der Waals surface area contributed by atoms with E-state index < -0.39 is 9.84 Å². The van der Waals surface area contributed by atoms with Crippen LogP contribution in [0, 0.1) is 5.92 Å². The first-order valence-electron chi connectivity index (χ1n) is 7.49. The molecule has 0 aliphatic heterocycles. The van der Waals surface area contributed by atoms with Crippen LogP contribution in [-0.2, 0) is 9.84 Å². The van der Waals surface area contributed by atoms with Gasteiger partial charge in [0.1, 0.15) is 9.84 Å². The fourth-order valence-corrected chi connectivity index (χ4v) is 3.62. The molecule has 1 N–H and O–H groups in total. The van der Waals surface area contributed by atoms with Crippen molar-refractivity contribution in [1.29, 1.82) is 0 Å². The van der Waals surface area contributed by atoms with Gasteiger partial charge in [0, 0.05) is 11.8 Å². The van der Waals surface area contributed by atoms with Gasteiger partial charge in [-0.25, -0.2) is 8.42 Å². The number of sulfone groups is 1. The Balaban J connectivity index is 2.18. The molecule has 0 aromatic heterocycles. The second-order valence-corrected chi connectivity index (χ2v) is 8.06. The summed E-state index contributed by atoms with van der Waals surface area (Å²) in [6.45, 7) is 4.80. The largest absolute Gasteiger partial charge is 0.314 e. The molecule has 0 bridgehead atoms. The Morgan fingerprint density at radius 3 is 2.33 bits per heavy atom. The normalized spacial score (nSPS) is 20.6. The summed E-state index contributed by atoms with van der Waals surface area (Å²) < 4.78 is 22.7. The van der Waals surface area contributed by atoms with Gasteiger partial charge in [-0.15, -0.1) is 0 Å². The molecule has 0 aromatic carbocycles. The molecular weight excluding hydrogens is 246 g/mol. The monoisotopic (exact) mass is 275 g/mol. The summed E-state index contributed by atoms with van der Waals surface area (Å²) in [5.74, 6) is 1.38. The number of rotatable bonds is 7. The summed E-state index contributed by atoms with van der Waals surface area (Å²) in [4.78, 5) is 0. The quantitative estimate of drug-likeness (QED) is 0.574. The lowest BCUT2D eigenvalue weighted by atomic mass is 9.93. The highest BCUT2D eigenvalue weighted by molar-refractivity contribution is 7.91. The first-order chi connectivity index (χ1) is 8.55. The van der Waals surface area contributed by atoms with Crippen LogP contribution in [0.25, 0.3) is 0 Å².